The van der Waals surface area contributed by atoms with Crippen LogP contribution in [-0.4, -0.2) is 68.7 Å². The number of aryl methyl sites for hydroxylation is 1. The van der Waals surface area contributed by atoms with Gasteiger partial charge in [0.15, 0.2) is 0 Å². The summed E-state index contributed by atoms with van der Waals surface area (Å²) in [7, 11) is 1.83. The second-order valence-corrected chi connectivity index (χ2v) is 10.4. The molecule has 0 N–H and O–H groups in total. The summed E-state index contributed by atoms with van der Waals surface area (Å²) in [6.45, 7) is 5.89. The fourth-order valence-corrected chi connectivity index (χ4v) is 4.95. The molecule has 1 aliphatic rings. The SMILES string of the molecule is Cc1cccc(-c2ccc(C(CN3CCOCC3)N(C)C(=O)CN(CC#N)c3ccc(Cl)c(Cl)c3)cc2)c1. The van der Waals surface area contributed by atoms with E-state index in [1.807, 2.05) is 7.05 Å². The van der Waals surface area contributed by atoms with Crippen LogP contribution in [0.25, 0.3) is 11.1 Å². The van der Waals surface area contributed by atoms with Crippen LogP contribution in [0.15, 0.2) is 66.7 Å². The molecular weight excluding hydrogens is 519 g/mol. The molecule has 6 nitrogen and oxygen atoms in total. The van der Waals surface area contributed by atoms with Crippen LogP contribution in [0.5, 0.6) is 0 Å². The average Bonchev–Trinajstić information content (AvgIpc) is 2.93. The van der Waals surface area contributed by atoms with E-state index in [-0.39, 0.29) is 25.0 Å². The number of halogens is 2. The number of carbonyl (C=O) groups is 1. The molecule has 0 radical (unpaired) electrons. The zero-order chi connectivity index (χ0) is 27.1. The van der Waals surface area contributed by atoms with Crippen molar-refractivity contribution in [3.05, 3.63) is 87.9 Å². The zero-order valence-electron chi connectivity index (χ0n) is 21.7. The lowest BCUT2D eigenvalue weighted by atomic mass is 9.98. The van der Waals surface area contributed by atoms with Gasteiger partial charge in [-0.25, -0.2) is 0 Å². The van der Waals surface area contributed by atoms with E-state index in [1.54, 1.807) is 28.0 Å². The molecule has 0 aliphatic carbocycles. The second kappa shape index (κ2) is 13.1. The summed E-state index contributed by atoms with van der Waals surface area (Å²) >= 11 is 12.3. The number of nitriles is 1. The van der Waals surface area contributed by atoms with Crippen LogP contribution < -0.4 is 4.90 Å². The largest absolute Gasteiger partial charge is 0.379 e. The third-order valence-electron chi connectivity index (χ3n) is 6.90. The van der Waals surface area contributed by atoms with E-state index in [4.69, 9.17) is 27.9 Å². The highest BCUT2D eigenvalue weighted by Gasteiger charge is 2.27. The Morgan fingerprint density at radius 1 is 1.03 bits per heavy atom. The van der Waals surface area contributed by atoms with Gasteiger partial charge in [-0.05, 0) is 41.8 Å². The minimum atomic E-state index is -0.162. The number of hydrogen-bond donors (Lipinski definition) is 0. The Morgan fingerprint density at radius 3 is 2.42 bits per heavy atom. The van der Waals surface area contributed by atoms with Crippen molar-refractivity contribution in [3.63, 3.8) is 0 Å². The molecule has 3 aromatic rings. The maximum Gasteiger partial charge on any atom is 0.242 e. The maximum absolute atomic E-state index is 13.6. The number of anilines is 1. The Bertz CT molecular complexity index is 1290. The van der Waals surface area contributed by atoms with E-state index in [0.29, 0.717) is 35.5 Å². The van der Waals surface area contributed by atoms with Gasteiger partial charge in [-0.2, -0.15) is 5.26 Å². The molecule has 4 rings (SSSR count). The predicted molar refractivity (Wildman–Crippen MR) is 154 cm³/mol. The number of rotatable bonds is 9. The number of likely N-dealkylation sites (N-methyl/N-ethyl adjacent to an activating group) is 1. The van der Waals surface area contributed by atoms with Crippen LogP contribution in [0, 0.1) is 18.3 Å². The lowest BCUT2D eigenvalue weighted by Crippen LogP contribution is -2.46. The molecule has 1 amide bonds. The predicted octanol–water partition coefficient (Wildman–Crippen LogP) is 5.83. The molecule has 1 fully saturated rings. The number of benzene rings is 3. The average molecular weight is 552 g/mol. The van der Waals surface area contributed by atoms with E-state index in [2.05, 4.69) is 66.4 Å². The molecule has 1 heterocycles. The number of nitrogens with zero attached hydrogens (tertiary/aromatic N) is 4. The van der Waals surface area contributed by atoms with Gasteiger partial charge in [0.05, 0.1) is 41.9 Å². The van der Waals surface area contributed by atoms with Crippen molar-refractivity contribution in [3.8, 4) is 17.2 Å². The maximum atomic E-state index is 13.6. The third-order valence-corrected chi connectivity index (χ3v) is 7.64. The van der Waals surface area contributed by atoms with Crippen molar-refractivity contribution < 1.29 is 9.53 Å². The molecule has 1 atom stereocenters. The minimum Gasteiger partial charge on any atom is -0.379 e. The molecule has 0 saturated carbocycles. The number of morpholine rings is 1. The normalized spacial score (nSPS) is 14.5. The van der Waals surface area contributed by atoms with Crippen molar-refractivity contribution in [1.29, 1.82) is 5.26 Å². The molecule has 0 spiro atoms. The van der Waals surface area contributed by atoms with Gasteiger partial charge in [0, 0.05) is 32.4 Å². The van der Waals surface area contributed by atoms with Gasteiger partial charge in [0.25, 0.3) is 0 Å². The Kier molecular flexibility index (Phi) is 9.65. The van der Waals surface area contributed by atoms with E-state index in [0.717, 1.165) is 24.2 Å². The standard InChI is InChI=1S/C30H32Cl2N4O2/c1-22-4-3-5-25(18-22)23-6-8-24(9-7-23)29(20-35-14-16-38-17-15-35)34(2)30(37)21-36(13-12-33)26-10-11-27(31)28(32)19-26/h3-11,18-19,29H,13-17,20-21H2,1-2H3. The summed E-state index contributed by atoms with van der Waals surface area (Å²) in [4.78, 5) is 19.4. The quantitative estimate of drug-likeness (QED) is 0.313. The van der Waals surface area contributed by atoms with E-state index in [9.17, 15) is 10.1 Å². The number of ether oxygens (including phenoxy) is 1. The van der Waals surface area contributed by atoms with Crippen molar-refractivity contribution in [1.82, 2.24) is 9.80 Å². The van der Waals surface area contributed by atoms with Gasteiger partial charge in [0.2, 0.25) is 5.91 Å². The van der Waals surface area contributed by atoms with E-state index in [1.165, 1.54) is 11.1 Å². The van der Waals surface area contributed by atoms with E-state index < -0.39 is 0 Å². The molecule has 0 aromatic heterocycles. The number of amides is 1. The highest BCUT2D eigenvalue weighted by molar-refractivity contribution is 6.42. The molecular formula is C30H32Cl2N4O2. The van der Waals surface area contributed by atoms with Gasteiger partial charge in [0.1, 0.15) is 6.54 Å². The molecule has 8 heteroatoms. The topological polar surface area (TPSA) is 59.8 Å². The second-order valence-electron chi connectivity index (χ2n) is 9.54. The molecule has 1 aliphatic heterocycles. The van der Waals surface area contributed by atoms with Crippen molar-refractivity contribution in [2.45, 2.75) is 13.0 Å². The molecule has 1 saturated heterocycles. The summed E-state index contributed by atoms with van der Waals surface area (Å²) in [6.07, 6.45) is 0. The van der Waals surface area contributed by atoms with Gasteiger partial charge >= 0.3 is 0 Å². The van der Waals surface area contributed by atoms with Crippen LogP contribution in [-0.2, 0) is 9.53 Å². The molecule has 3 aromatic carbocycles. The highest BCUT2D eigenvalue weighted by Crippen LogP contribution is 2.29. The van der Waals surface area contributed by atoms with Crippen molar-refractivity contribution >= 4 is 34.8 Å². The van der Waals surface area contributed by atoms with Crippen LogP contribution in [0.1, 0.15) is 17.2 Å². The first-order chi connectivity index (χ1) is 18.4. The van der Waals surface area contributed by atoms with Crippen LogP contribution >= 0.6 is 23.2 Å². The monoisotopic (exact) mass is 550 g/mol. The lowest BCUT2D eigenvalue weighted by molar-refractivity contribution is -0.131. The van der Waals surface area contributed by atoms with Crippen molar-refractivity contribution in [2.24, 2.45) is 0 Å². The first-order valence-corrected chi connectivity index (χ1v) is 13.4. The molecule has 198 valence electrons. The molecule has 38 heavy (non-hydrogen) atoms. The van der Waals surface area contributed by atoms with Crippen LogP contribution in [0.2, 0.25) is 10.0 Å². The fraction of sp³-hybridized carbons (Fsp3) is 0.333. The Morgan fingerprint density at radius 2 is 1.76 bits per heavy atom. The first-order valence-electron chi connectivity index (χ1n) is 12.7. The highest BCUT2D eigenvalue weighted by atomic mass is 35.5. The third kappa shape index (κ3) is 7.06. The van der Waals surface area contributed by atoms with Gasteiger partial charge in [-0.3, -0.25) is 9.69 Å². The van der Waals surface area contributed by atoms with Crippen LogP contribution in [0.3, 0.4) is 0 Å². The molecule has 0 bridgehead atoms. The Labute approximate surface area is 234 Å². The summed E-state index contributed by atoms with van der Waals surface area (Å²) in [5.74, 6) is -0.0904. The van der Waals surface area contributed by atoms with Crippen LogP contribution in [0.4, 0.5) is 5.69 Å². The zero-order valence-corrected chi connectivity index (χ0v) is 23.3. The fourth-order valence-electron chi connectivity index (χ4n) is 4.66. The Hall–Kier alpha value is -3.08. The number of carbonyl (C=O) groups excluding carboxylic acids is 1. The Balaban J connectivity index is 1.57. The van der Waals surface area contributed by atoms with Gasteiger partial charge in [-0.1, -0.05) is 77.3 Å². The molecule has 1 unspecified atom stereocenters. The first kappa shape index (κ1) is 27.9. The summed E-state index contributed by atoms with van der Waals surface area (Å²) in [5.41, 5.74) is 5.25. The van der Waals surface area contributed by atoms with Gasteiger partial charge in [-0.15, -0.1) is 0 Å². The number of hydrogen-bond acceptors (Lipinski definition) is 5. The summed E-state index contributed by atoms with van der Waals surface area (Å²) < 4.78 is 5.54. The lowest BCUT2D eigenvalue weighted by Gasteiger charge is -2.36. The summed E-state index contributed by atoms with van der Waals surface area (Å²) in [6, 6.07) is 24.0. The van der Waals surface area contributed by atoms with Gasteiger partial charge < -0.3 is 14.5 Å². The summed E-state index contributed by atoms with van der Waals surface area (Å²) in [5, 5.41) is 10.2. The smallest absolute Gasteiger partial charge is 0.242 e. The van der Waals surface area contributed by atoms with Crippen molar-refractivity contribution in [2.75, 3.05) is 57.9 Å². The van der Waals surface area contributed by atoms with E-state index >= 15 is 0 Å². The minimum absolute atomic E-state index is 0.0447.